The number of rotatable bonds is 6. The highest BCUT2D eigenvalue weighted by Gasteiger charge is 2.64. The summed E-state index contributed by atoms with van der Waals surface area (Å²) in [7, 11) is 0. The maximum atomic E-state index is 14.0. The molecule has 0 saturated carbocycles. The molecule has 4 nitrogen and oxygen atoms in total. The highest BCUT2D eigenvalue weighted by molar-refractivity contribution is 5.86. The molecule has 0 unspecified atom stereocenters. The van der Waals surface area contributed by atoms with Crippen molar-refractivity contribution in [3.63, 3.8) is 0 Å². The molecule has 0 bridgehead atoms. The second-order valence-corrected chi connectivity index (χ2v) is 10.8. The van der Waals surface area contributed by atoms with Crippen LogP contribution in [0.2, 0.25) is 0 Å². The van der Waals surface area contributed by atoms with E-state index in [9.17, 15) is 43.9 Å². The molecule has 244 valence electrons. The average Bonchev–Trinajstić information content (AvgIpc) is 2.99. The topological polar surface area (TPSA) is 51.6 Å². The first-order chi connectivity index (χ1) is 21.8. The van der Waals surface area contributed by atoms with E-state index in [1.54, 1.807) is 12.1 Å². The first-order valence-corrected chi connectivity index (χ1v) is 13.7. The Morgan fingerprint density at radius 2 is 1.02 bits per heavy atom. The summed E-state index contributed by atoms with van der Waals surface area (Å²) >= 11 is 0. The molecular formula is C33H22F10N4. The van der Waals surface area contributed by atoms with E-state index >= 15 is 0 Å². The minimum absolute atomic E-state index is 0.265. The summed E-state index contributed by atoms with van der Waals surface area (Å²) in [6, 6.07) is 21.7. The Morgan fingerprint density at radius 3 is 1.51 bits per heavy atom. The van der Waals surface area contributed by atoms with Crippen LogP contribution in [0.15, 0.2) is 79.0 Å². The third-order valence-electron chi connectivity index (χ3n) is 7.20. The molecule has 5 rings (SSSR count). The number of aromatic nitrogens is 4. The van der Waals surface area contributed by atoms with Gasteiger partial charge in [-0.25, -0.2) is 15.0 Å². The third-order valence-corrected chi connectivity index (χ3v) is 7.20. The number of nitrogens with zero attached hydrogens (tertiary/aromatic N) is 4. The minimum Gasteiger partial charge on any atom is -0.255 e. The molecule has 0 aliphatic rings. The predicted octanol–water partition coefficient (Wildman–Crippen LogP) is 10.2. The molecule has 0 fully saturated rings. The fraction of sp³-hybridized carbons (Fsp3) is 0.212. The summed E-state index contributed by atoms with van der Waals surface area (Å²) < 4.78 is 134. The van der Waals surface area contributed by atoms with E-state index in [4.69, 9.17) is 0 Å². The van der Waals surface area contributed by atoms with E-state index in [1.165, 1.54) is 6.07 Å². The molecule has 47 heavy (non-hydrogen) atoms. The van der Waals surface area contributed by atoms with Gasteiger partial charge in [-0.3, -0.25) is 4.98 Å². The molecule has 0 saturated heterocycles. The van der Waals surface area contributed by atoms with E-state index in [0.29, 0.717) is 5.56 Å². The summed E-state index contributed by atoms with van der Waals surface area (Å²) in [5, 5.41) is 0. The van der Waals surface area contributed by atoms with Gasteiger partial charge >= 0.3 is 24.2 Å². The van der Waals surface area contributed by atoms with Gasteiger partial charge in [0.2, 0.25) is 11.6 Å². The Hall–Kier alpha value is -4.88. The summed E-state index contributed by atoms with van der Waals surface area (Å²) in [6.45, 7) is 5.87. The number of pyridine rings is 1. The molecule has 0 N–H and O–H groups in total. The van der Waals surface area contributed by atoms with Crippen molar-refractivity contribution in [3.8, 4) is 44.9 Å². The Labute approximate surface area is 261 Å². The Bertz CT molecular complexity index is 1880. The van der Waals surface area contributed by atoms with Crippen LogP contribution in [-0.2, 0) is 11.8 Å². The average molecular weight is 665 g/mol. The lowest BCUT2D eigenvalue weighted by molar-refractivity contribution is -0.297. The van der Waals surface area contributed by atoms with Crippen LogP contribution in [0.3, 0.4) is 0 Å². The van der Waals surface area contributed by atoms with Crippen molar-refractivity contribution in [2.75, 3.05) is 0 Å². The van der Waals surface area contributed by atoms with E-state index < -0.39 is 47.2 Å². The Balaban J connectivity index is 1.53. The number of hydrogen-bond donors (Lipinski definition) is 0. The quantitative estimate of drug-likeness (QED) is 0.170. The van der Waals surface area contributed by atoms with Crippen LogP contribution in [0.25, 0.3) is 44.9 Å². The van der Waals surface area contributed by atoms with Gasteiger partial charge < -0.3 is 0 Å². The van der Waals surface area contributed by atoms with Gasteiger partial charge in [-0.05, 0) is 66.8 Å². The van der Waals surface area contributed by atoms with Gasteiger partial charge in [0.1, 0.15) is 0 Å². The first kappa shape index (κ1) is 33.5. The van der Waals surface area contributed by atoms with Crippen LogP contribution in [0.5, 0.6) is 0 Å². The van der Waals surface area contributed by atoms with Crippen LogP contribution in [-0.4, -0.2) is 32.3 Å². The molecular weight excluding hydrogens is 642 g/mol. The van der Waals surface area contributed by atoms with Crippen LogP contribution >= 0.6 is 0 Å². The lowest BCUT2D eigenvalue weighted by atomic mass is 9.90. The molecule has 5 aromatic rings. The fourth-order valence-corrected chi connectivity index (χ4v) is 4.96. The zero-order chi connectivity index (χ0) is 34.5. The summed E-state index contributed by atoms with van der Waals surface area (Å²) in [6.07, 6.45) is -11.9. The fourth-order valence-electron chi connectivity index (χ4n) is 4.96. The largest absolute Gasteiger partial charge is 0.461 e. The molecule has 14 heteroatoms. The molecule has 2 aromatic heterocycles. The summed E-state index contributed by atoms with van der Waals surface area (Å²) in [4.78, 5) is 12.1. The first-order valence-electron chi connectivity index (χ1n) is 13.7. The van der Waals surface area contributed by atoms with E-state index in [2.05, 4.69) is 38.1 Å². The third kappa shape index (κ3) is 6.41. The minimum atomic E-state index is -6.40. The number of benzene rings is 3. The number of halogens is 10. The summed E-state index contributed by atoms with van der Waals surface area (Å²) in [5.41, 5.74) is 7.23. The second-order valence-electron chi connectivity index (χ2n) is 10.8. The monoisotopic (exact) mass is 664 g/mol. The van der Waals surface area contributed by atoms with Crippen molar-refractivity contribution in [1.29, 1.82) is 0 Å². The van der Waals surface area contributed by atoms with Gasteiger partial charge in [0.15, 0.2) is 5.82 Å². The Morgan fingerprint density at radius 1 is 0.489 bits per heavy atom. The highest BCUT2D eigenvalue weighted by atomic mass is 19.4. The van der Waals surface area contributed by atoms with E-state index in [1.807, 2.05) is 51.1 Å². The number of hydrogen-bond acceptors (Lipinski definition) is 4. The van der Waals surface area contributed by atoms with E-state index in [-0.39, 0.29) is 5.69 Å². The van der Waals surface area contributed by atoms with Crippen molar-refractivity contribution >= 4 is 0 Å². The van der Waals surface area contributed by atoms with Crippen molar-refractivity contribution in [2.24, 2.45) is 0 Å². The summed E-state index contributed by atoms with van der Waals surface area (Å²) in [5.74, 6) is -18.5. The van der Waals surface area contributed by atoms with Crippen LogP contribution in [0, 0.1) is 20.8 Å². The molecule has 0 spiro atoms. The molecule has 0 amide bonds. The van der Waals surface area contributed by atoms with Crippen molar-refractivity contribution in [3.05, 3.63) is 107 Å². The normalized spacial score (nSPS) is 12.8. The maximum absolute atomic E-state index is 14.0. The Kier molecular flexibility index (Phi) is 8.36. The van der Waals surface area contributed by atoms with E-state index in [0.717, 1.165) is 51.2 Å². The van der Waals surface area contributed by atoms with Gasteiger partial charge in [-0.2, -0.15) is 43.9 Å². The van der Waals surface area contributed by atoms with Gasteiger partial charge in [0.25, 0.3) is 0 Å². The lowest BCUT2D eigenvalue weighted by Crippen LogP contribution is -2.39. The van der Waals surface area contributed by atoms with Crippen LogP contribution < -0.4 is 0 Å². The van der Waals surface area contributed by atoms with Gasteiger partial charge in [-0.15, -0.1) is 0 Å². The van der Waals surface area contributed by atoms with Crippen molar-refractivity contribution in [2.45, 2.75) is 45.0 Å². The molecule has 0 atom stereocenters. The highest BCUT2D eigenvalue weighted by Crippen LogP contribution is 2.46. The van der Waals surface area contributed by atoms with Crippen LogP contribution in [0.4, 0.5) is 43.9 Å². The van der Waals surface area contributed by atoms with Gasteiger partial charge in [-0.1, -0.05) is 65.7 Å². The predicted molar refractivity (Wildman–Crippen MR) is 153 cm³/mol. The SMILES string of the molecule is Cc1cc(C)cc(-c2ccccc2-c2ccc(-c3ccc(-c4nc(C(F)(F)C(F)(F)F)nc(C(F)(F)C(F)(F)F)n4)cn3)cc2C)c1. The molecule has 0 radical (unpaired) electrons. The number of alkyl halides is 10. The van der Waals surface area contributed by atoms with Crippen LogP contribution in [0.1, 0.15) is 28.3 Å². The molecule has 3 aromatic carbocycles. The molecule has 0 aliphatic carbocycles. The second kappa shape index (κ2) is 11.7. The zero-order valence-electron chi connectivity index (χ0n) is 24.6. The van der Waals surface area contributed by atoms with Gasteiger partial charge in [0, 0.05) is 17.3 Å². The number of aryl methyl sites for hydroxylation is 3. The smallest absolute Gasteiger partial charge is 0.255 e. The van der Waals surface area contributed by atoms with Crippen molar-refractivity contribution in [1.82, 2.24) is 19.9 Å². The maximum Gasteiger partial charge on any atom is 0.461 e. The van der Waals surface area contributed by atoms with Crippen molar-refractivity contribution < 1.29 is 43.9 Å². The molecule has 0 aliphatic heterocycles. The lowest BCUT2D eigenvalue weighted by Gasteiger charge is -2.22. The van der Waals surface area contributed by atoms with Gasteiger partial charge in [0.05, 0.1) is 5.69 Å². The molecule has 2 heterocycles. The standard InChI is InChI=1S/C33H22F10N4/c1-17-12-18(2)14-22(13-17)24-6-4-5-7-25(24)23-10-8-20(15-19(23)3)26-11-9-21(16-44-26)27-45-28(30(34,35)32(38,39)40)47-29(46-27)31(36,37)33(41,42)43/h4-16H,1-3H3. The zero-order valence-corrected chi connectivity index (χ0v) is 24.6.